The molecule has 176 valence electrons. The van der Waals surface area contributed by atoms with Crippen LogP contribution in [-0.4, -0.2) is 40.1 Å². The molecule has 0 radical (unpaired) electrons. The zero-order valence-corrected chi connectivity index (χ0v) is 20.4. The van der Waals surface area contributed by atoms with E-state index in [0.29, 0.717) is 40.5 Å². The average Bonchev–Trinajstić information content (AvgIpc) is 3.24. The van der Waals surface area contributed by atoms with Crippen molar-refractivity contribution < 1.29 is 19.0 Å². The summed E-state index contributed by atoms with van der Waals surface area (Å²) >= 11 is 1.33. The van der Waals surface area contributed by atoms with Gasteiger partial charge in [0.1, 0.15) is 5.75 Å². The first-order chi connectivity index (χ1) is 15.9. The molecule has 0 spiro atoms. The minimum Gasteiger partial charge on any atom is -0.493 e. The number of thioether (sulfide) groups is 1. The van der Waals surface area contributed by atoms with Crippen LogP contribution in [-0.2, 0) is 4.79 Å². The first-order valence-electron chi connectivity index (χ1n) is 10.8. The Balaban J connectivity index is 1.70. The number of benzene rings is 2. The van der Waals surface area contributed by atoms with E-state index in [9.17, 15) is 4.79 Å². The quantitative estimate of drug-likeness (QED) is 0.388. The van der Waals surface area contributed by atoms with Crippen LogP contribution in [0.3, 0.4) is 0 Å². The van der Waals surface area contributed by atoms with Crippen molar-refractivity contribution in [3.63, 3.8) is 0 Å². The standard InChI is InChI=1S/C24H30N4O4S/c1-6-31-19-12-8-7-11-18(19)25-22(29)15-33-24-27-26-23(28(24)16(2)3)17(4)32-21-14-10-9-13-20(21)30-5/h7-14,16-17H,6,15H2,1-5H3,(H,25,29). The van der Waals surface area contributed by atoms with Crippen LogP contribution in [0.15, 0.2) is 53.7 Å². The van der Waals surface area contributed by atoms with E-state index in [4.69, 9.17) is 14.2 Å². The molecule has 3 rings (SSSR count). The SMILES string of the molecule is CCOc1ccccc1NC(=O)CSc1nnc(C(C)Oc2ccccc2OC)n1C(C)C. The van der Waals surface area contributed by atoms with E-state index in [1.165, 1.54) is 11.8 Å². The highest BCUT2D eigenvalue weighted by atomic mass is 32.2. The molecule has 1 atom stereocenters. The van der Waals surface area contributed by atoms with Crippen molar-refractivity contribution in [3.05, 3.63) is 54.4 Å². The van der Waals surface area contributed by atoms with Gasteiger partial charge < -0.3 is 24.1 Å². The highest BCUT2D eigenvalue weighted by Crippen LogP contribution is 2.32. The molecular formula is C24H30N4O4S. The van der Waals surface area contributed by atoms with Gasteiger partial charge in [-0.05, 0) is 52.0 Å². The molecule has 0 aliphatic carbocycles. The number of carbonyl (C=O) groups excluding carboxylic acids is 1. The lowest BCUT2D eigenvalue weighted by atomic mass is 10.3. The molecule has 1 heterocycles. The smallest absolute Gasteiger partial charge is 0.234 e. The van der Waals surface area contributed by atoms with E-state index in [1.807, 2.05) is 80.8 Å². The minimum atomic E-state index is -0.363. The Hall–Kier alpha value is -3.20. The van der Waals surface area contributed by atoms with Gasteiger partial charge in [-0.2, -0.15) is 0 Å². The Labute approximate surface area is 198 Å². The first kappa shape index (κ1) is 24.4. The average molecular weight is 471 g/mol. The number of nitrogens with zero attached hydrogens (tertiary/aromatic N) is 3. The lowest BCUT2D eigenvalue weighted by molar-refractivity contribution is -0.113. The molecule has 9 heteroatoms. The Morgan fingerprint density at radius 3 is 2.36 bits per heavy atom. The van der Waals surface area contributed by atoms with Crippen LogP contribution in [0.5, 0.6) is 17.2 Å². The molecule has 0 saturated carbocycles. The van der Waals surface area contributed by atoms with Crippen LogP contribution in [0.25, 0.3) is 0 Å². The highest BCUT2D eigenvalue weighted by molar-refractivity contribution is 7.99. The zero-order chi connectivity index (χ0) is 23.8. The van der Waals surface area contributed by atoms with Crippen LogP contribution in [0.4, 0.5) is 5.69 Å². The van der Waals surface area contributed by atoms with Gasteiger partial charge in [0.2, 0.25) is 5.91 Å². The third-order valence-electron chi connectivity index (χ3n) is 4.74. The van der Waals surface area contributed by atoms with Gasteiger partial charge in [0.15, 0.2) is 28.6 Å². The molecule has 1 N–H and O–H groups in total. The third kappa shape index (κ3) is 6.19. The normalized spacial score (nSPS) is 11.8. The second kappa shape index (κ2) is 11.6. The molecule has 2 aromatic carbocycles. The molecule has 0 aliphatic heterocycles. The summed E-state index contributed by atoms with van der Waals surface area (Å²) in [5, 5.41) is 12.3. The van der Waals surface area contributed by atoms with E-state index in [1.54, 1.807) is 7.11 Å². The number of rotatable bonds is 11. The monoisotopic (exact) mass is 470 g/mol. The summed E-state index contributed by atoms with van der Waals surface area (Å²) < 4.78 is 19.1. The van der Waals surface area contributed by atoms with Crippen LogP contribution in [0, 0.1) is 0 Å². The lowest BCUT2D eigenvalue weighted by Gasteiger charge is -2.19. The number of hydrogen-bond donors (Lipinski definition) is 1. The predicted octanol–water partition coefficient (Wildman–Crippen LogP) is 5.14. The van der Waals surface area contributed by atoms with Crippen LogP contribution >= 0.6 is 11.8 Å². The number of nitrogens with one attached hydrogen (secondary N) is 1. The molecule has 1 aromatic heterocycles. The largest absolute Gasteiger partial charge is 0.493 e. The number of amides is 1. The van der Waals surface area contributed by atoms with Crippen LogP contribution < -0.4 is 19.5 Å². The fraction of sp³-hybridized carbons (Fsp3) is 0.375. The van der Waals surface area contributed by atoms with Crippen molar-refractivity contribution in [2.24, 2.45) is 0 Å². The van der Waals surface area contributed by atoms with E-state index < -0.39 is 0 Å². The van der Waals surface area contributed by atoms with Gasteiger partial charge in [-0.3, -0.25) is 4.79 Å². The summed E-state index contributed by atoms with van der Waals surface area (Å²) in [4.78, 5) is 12.6. The van der Waals surface area contributed by atoms with Crippen molar-refractivity contribution in [2.45, 2.75) is 45.0 Å². The molecule has 1 amide bonds. The molecule has 0 saturated heterocycles. The van der Waals surface area contributed by atoms with Crippen LogP contribution in [0.1, 0.15) is 45.7 Å². The lowest BCUT2D eigenvalue weighted by Crippen LogP contribution is -2.17. The van der Waals surface area contributed by atoms with Crippen molar-refractivity contribution >= 4 is 23.4 Å². The Morgan fingerprint density at radius 1 is 1.03 bits per heavy atom. The summed E-state index contributed by atoms with van der Waals surface area (Å²) in [6, 6.07) is 14.9. The zero-order valence-electron chi connectivity index (χ0n) is 19.6. The highest BCUT2D eigenvalue weighted by Gasteiger charge is 2.23. The maximum Gasteiger partial charge on any atom is 0.234 e. The molecule has 0 aliphatic rings. The van der Waals surface area contributed by atoms with Crippen molar-refractivity contribution in [1.82, 2.24) is 14.8 Å². The number of aromatic nitrogens is 3. The second-order valence-electron chi connectivity index (χ2n) is 7.48. The van der Waals surface area contributed by atoms with Crippen molar-refractivity contribution in [3.8, 4) is 17.2 Å². The molecule has 0 fully saturated rings. The summed E-state index contributed by atoms with van der Waals surface area (Å²) in [5.74, 6) is 2.65. The van der Waals surface area contributed by atoms with Gasteiger partial charge in [-0.15, -0.1) is 10.2 Å². The number of ether oxygens (including phenoxy) is 3. The molecule has 0 bridgehead atoms. The van der Waals surface area contributed by atoms with E-state index in [0.717, 1.165) is 0 Å². The van der Waals surface area contributed by atoms with Gasteiger partial charge in [-0.1, -0.05) is 36.0 Å². The maximum absolute atomic E-state index is 12.6. The number of para-hydroxylation sites is 4. The van der Waals surface area contributed by atoms with Gasteiger partial charge in [0.25, 0.3) is 0 Å². The van der Waals surface area contributed by atoms with E-state index in [-0.39, 0.29) is 23.8 Å². The fourth-order valence-corrected chi connectivity index (χ4v) is 4.15. The Bertz CT molecular complexity index is 1070. The fourth-order valence-electron chi connectivity index (χ4n) is 3.28. The summed E-state index contributed by atoms with van der Waals surface area (Å²) in [5.41, 5.74) is 0.648. The molecule has 1 unspecified atom stereocenters. The Morgan fingerprint density at radius 2 is 1.70 bits per heavy atom. The maximum atomic E-state index is 12.6. The van der Waals surface area contributed by atoms with Gasteiger partial charge in [-0.25, -0.2) is 0 Å². The van der Waals surface area contributed by atoms with E-state index in [2.05, 4.69) is 15.5 Å². The second-order valence-corrected chi connectivity index (χ2v) is 8.42. The summed E-state index contributed by atoms with van der Waals surface area (Å²) in [7, 11) is 1.61. The summed E-state index contributed by atoms with van der Waals surface area (Å²) in [6.07, 6.45) is -0.363. The van der Waals surface area contributed by atoms with Gasteiger partial charge in [0.05, 0.1) is 25.2 Å². The van der Waals surface area contributed by atoms with Crippen LogP contribution in [0.2, 0.25) is 0 Å². The summed E-state index contributed by atoms with van der Waals surface area (Å²) in [6.45, 7) is 8.44. The number of anilines is 1. The predicted molar refractivity (Wildman–Crippen MR) is 129 cm³/mol. The Kier molecular flexibility index (Phi) is 8.59. The van der Waals surface area contributed by atoms with Crippen molar-refractivity contribution in [2.75, 3.05) is 24.8 Å². The number of carbonyl (C=O) groups is 1. The van der Waals surface area contributed by atoms with Crippen molar-refractivity contribution in [1.29, 1.82) is 0 Å². The molecule has 3 aromatic rings. The van der Waals surface area contributed by atoms with Gasteiger partial charge >= 0.3 is 0 Å². The molecule has 33 heavy (non-hydrogen) atoms. The molecular weight excluding hydrogens is 440 g/mol. The third-order valence-corrected chi connectivity index (χ3v) is 5.68. The van der Waals surface area contributed by atoms with E-state index >= 15 is 0 Å². The topological polar surface area (TPSA) is 87.5 Å². The van der Waals surface area contributed by atoms with Gasteiger partial charge in [0, 0.05) is 6.04 Å². The molecule has 8 nitrogen and oxygen atoms in total. The minimum absolute atomic E-state index is 0.0861. The number of methoxy groups -OCH3 is 1. The first-order valence-corrected chi connectivity index (χ1v) is 11.8. The number of hydrogen-bond acceptors (Lipinski definition) is 7.